The van der Waals surface area contributed by atoms with Crippen LogP contribution in [0.1, 0.15) is 55.3 Å². The van der Waals surface area contributed by atoms with Gasteiger partial charge >= 0.3 is 5.97 Å². The lowest BCUT2D eigenvalue weighted by Gasteiger charge is -2.32. The van der Waals surface area contributed by atoms with Crippen LogP contribution < -0.4 is 9.47 Å². The summed E-state index contributed by atoms with van der Waals surface area (Å²) in [6, 6.07) is 13.9. The molecule has 0 aliphatic carbocycles. The molecular weight excluding hydrogens is 342 g/mol. The van der Waals surface area contributed by atoms with Gasteiger partial charge in [-0.3, -0.25) is 9.69 Å². The van der Waals surface area contributed by atoms with Crippen molar-refractivity contribution in [2.75, 3.05) is 13.3 Å². The van der Waals surface area contributed by atoms with Crippen molar-refractivity contribution < 1.29 is 19.4 Å². The maximum atomic E-state index is 11.8. The van der Waals surface area contributed by atoms with Crippen molar-refractivity contribution in [1.29, 1.82) is 0 Å². The highest BCUT2D eigenvalue weighted by Gasteiger charge is 2.37. The number of fused-ring (bicyclic) bond motifs is 1. The number of benzene rings is 2. The molecule has 1 fully saturated rings. The van der Waals surface area contributed by atoms with E-state index < -0.39 is 12.0 Å². The lowest BCUT2D eigenvalue weighted by atomic mass is 9.93. The van der Waals surface area contributed by atoms with E-state index in [2.05, 4.69) is 43.0 Å². The fourth-order valence-corrected chi connectivity index (χ4v) is 4.09. The molecule has 2 aromatic rings. The topological polar surface area (TPSA) is 59.0 Å². The van der Waals surface area contributed by atoms with E-state index in [1.165, 1.54) is 5.56 Å². The standard InChI is InChI=1S/C22H25NO4/c1-14(2)15-5-7-16(8-6-15)21(23-11-3-4-18(23)22(24)25)17-9-10-19-20(12-17)27-13-26-19/h5-10,12,14,18,21H,3-4,11,13H2,1-2H3,(H,24,25). The minimum atomic E-state index is -0.753. The first-order chi connectivity index (χ1) is 13.0. The van der Waals surface area contributed by atoms with Crippen LogP contribution in [0.15, 0.2) is 42.5 Å². The Morgan fingerprint density at radius 1 is 1.04 bits per heavy atom. The van der Waals surface area contributed by atoms with E-state index in [1.54, 1.807) is 0 Å². The highest BCUT2D eigenvalue weighted by Crippen LogP contribution is 2.40. The Morgan fingerprint density at radius 3 is 2.41 bits per heavy atom. The van der Waals surface area contributed by atoms with E-state index in [0.29, 0.717) is 12.3 Å². The summed E-state index contributed by atoms with van der Waals surface area (Å²) in [5, 5.41) is 9.71. The molecule has 0 bridgehead atoms. The van der Waals surface area contributed by atoms with Crippen molar-refractivity contribution in [2.45, 2.75) is 44.7 Å². The quantitative estimate of drug-likeness (QED) is 0.859. The van der Waals surface area contributed by atoms with Crippen LogP contribution in [-0.4, -0.2) is 35.4 Å². The van der Waals surface area contributed by atoms with Crippen LogP contribution in [0.5, 0.6) is 11.5 Å². The van der Waals surface area contributed by atoms with Gasteiger partial charge in [0.25, 0.3) is 0 Å². The van der Waals surface area contributed by atoms with E-state index in [9.17, 15) is 9.90 Å². The summed E-state index contributed by atoms with van der Waals surface area (Å²) in [6.45, 7) is 5.34. The van der Waals surface area contributed by atoms with Crippen LogP contribution in [0.3, 0.4) is 0 Å². The van der Waals surface area contributed by atoms with Crippen LogP contribution in [0, 0.1) is 0 Å². The Labute approximate surface area is 159 Å². The lowest BCUT2D eigenvalue weighted by Crippen LogP contribution is -2.39. The molecule has 27 heavy (non-hydrogen) atoms. The number of hydrogen-bond donors (Lipinski definition) is 1. The Kier molecular flexibility index (Phi) is 4.79. The number of rotatable bonds is 5. The molecule has 2 atom stereocenters. The van der Waals surface area contributed by atoms with Gasteiger partial charge in [-0.05, 0) is 47.6 Å². The minimum Gasteiger partial charge on any atom is -0.480 e. The van der Waals surface area contributed by atoms with E-state index in [1.807, 2.05) is 18.2 Å². The maximum absolute atomic E-state index is 11.8. The molecule has 5 nitrogen and oxygen atoms in total. The molecule has 2 heterocycles. The third-order valence-corrected chi connectivity index (χ3v) is 5.54. The molecule has 0 radical (unpaired) electrons. The lowest BCUT2D eigenvalue weighted by molar-refractivity contribution is -0.142. The second-order valence-electron chi connectivity index (χ2n) is 7.57. The number of hydrogen-bond acceptors (Lipinski definition) is 4. The molecule has 2 aliphatic heterocycles. The monoisotopic (exact) mass is 367 g/mol. The summed E-state index contributed by atoms with van der Waals surface area (Å²) in [7, 11) is 0. The number of aliphatic carboxylic acids is 1. The average Bonchev–Trinajstić information content (AvgIpc) is 3.31. The summed E-state index contributed by atoms with van der Waals surface area (Å²) in [6.07, 6.45) is 1.57. The average molecular weight is 367 g/mol. The minimum absolute atomic E-state index is 0.121. The third kappa shape index (κ3) is 3.39. The molecule has 2 unspecified atom stereocenters. The Morgan fingerprint density at radius 2 is 1.70 bits per heavy atom. The zero-order chi connectivity index (χ0) is 19.0. The van der Waals surface area contributed by atoms with Gasteiger partial charge < -0.3 is 14.6 Å². The van der Waals surface area contributed by atoms with Gasteiger partial charge in [0, 0.05) is 6.54 Å². The number of carboxylic acids is 1. The Bertz CT molecular complexity index is 831. The van der Waals surface area contributed by atoms with Crippen molar-refractivity contribution >= 4 is 5.97 Å². The summed E-state index contributed by atoms with van der Waals surface area (Å²) < 4.78 is 11.0. The van der Waals surface area contributed by atoms with Gasteiger partial charge in [-0.15, -0.1) is 0 Å². The van der Waals surface area contributed by atoms with E-state index >= 15 is 0 Å². The number of nitrogens with zero attached hydrogens (tertiary/aromatic N) is 1. The van der Waals surface area contributed by atoms with E-state index in [-0.39, 0.29) is 12.8 Å². The molecule has 0 spiro atoms. The predicted molar refractivity (Wildman–Crippen MR) is 102 cm³/mol. The highest BCUT2D eigenvalue weighted by atomic mass is 16.7. The number of carbonyl (C=O) groups is 1. The zero-order valence-electron chi connectivity index (χ0n) is 15.7. The van der Waals surface area contributed by atoms with Crippen molar-refractivity contribution in [3.05, 3.63) is 59.2 Å². The highest BCUT2D eigenvalue weighted by molar-refractivity contribution is 5.74. The zero-order valence-corrected chi connectivity index (χ0v) is 15.7. The molecular formula is C22H25NO4. The fraction of sp³-hybridized carbons (Fsp3) is 0.409. The largest absolute Gasteiger partial charge is 0.480 e. The summed E-state index contributed by atoms with van der Waals surface area (Å²) >= 11 is 0. The first-order valence-electron chi connectivity index (χ1n) is 9.52. The third-order valence-electron chi connectivity index (χ3n) is 5.54. The van der Waals surface area contributed by atoms with Gasteiger partial charge in [0.1, 0.15) is 6.04 Å². The first kappa shape index (κ1) is 17.9. The van der Waals surface area contributed by atoms with Crippen LogP contribution in [0.2, 0.25) is 0 Å². The number of ether oxygens (including phenoxy) is 2. The predicted octanol–water partition coefficient (Wildman–Crippen LogP) is 4.18. The van der Waals surface area contributed by atoms with Crippen LogP contribution in [0.25, 0.3) is 0 Å². The van der Waals surface area contributed by atoms with Gasteiger partial charge in [-0.1, -0.05) is 44.2 Å². The number of carboxylic acid groups (broad SMARTS) is 1. The van der Waals surface area contributed by atoms with Crippen molar-refractivity contribution in [3.8, 4) is 11.5 Å². The molecule has 5 heteroatoms. The van der Waals surface area contributed by atoms with E-state index in [4.69, 9.17) is 9.47 Å². The molecule has 2 aromatic carbocycles. The van der Waals surface area contributed by atoms with Gasteiger partial charge in [0.05, 0.1) is 6.04 Å². The molecule has 0 aromatic heterocycles. The SMILES string of the molecule is CC(C)c1ccc(C(c2ccc3c(c2)OCO3)N2CCCC2C(=O)O)cc1. The van der Waals surface area contributed by atoms with Crippen LogP contribution in [0.4, 0.5) is 0 Å². The number of likely N-dealkylation sites (tertiary alicyclic amines) is 1. The second kappa shape index (κ2) is 7.24. The van der Waals surface area contributed by atoms with Gasteiger partial charge in [0.2, 0.25) is 6.79 Å². The van der Waals surface area contributed by atoms with Gasteiger partial charge in [0.15, 0.2) is 11.5 Å². The fourth-order valence-electron chi connectivity index (χ4n) is 4.09. The van der Waals surface area contributed by atoms with Crippen LogP contribution >= 0.6 is 0 Å². The van der Waals surface area contributed by atoms with E-state index in [0.717, 1.165) is 35.6 Å². The summed E-state index contributed by atoms with van der Waals surface area (Å²) in [5.74, 6) is 1.17. The molecule has 1 saturated heterocycles. The molecule has 4 rings (SSSR count). The first-order valence-corrected chi connectivity index (χ1v) is 9.52. The molecule has 2 aliphatic rings. The van der Waals surface area contributed by atoms with Crippen molar-refractivity contribution in [1.82, 2.24) is 4.90 Å². The Hall–Kier alpha value is -2.53. The van der Waals surface area contributed by atoms with Gasteiger partial charge in [-0.2, -0.15) is 0 Å². The molecule has 142 valence electrons. The summed E-state index contributed by atoms with van der Waals surface area (Å²) in [4.78, 5) is 13.9. The molecule has 0 saturated carbocycles. The normalized spacial score (nSPS) is 20.2. The second-order valence-corrected chi connectivity index (χ2v) is 7.57. The van der Waals surface area contributed by atoms with Crippen LogP contribution in [-0.2, 0) is 4.79 Å². The smallest absolute Gasteiger partial charge is 0.320 e. The van der Waals surface area contributed by atoms with Crippen molar-refractivity contribution in [2.24, 2.45) is 0 Å². The summed E-state index contributed by atoms with van der Waals surface area (Å²) in [5.41, 5.74) is 3.41. The van der Waals surface area contributed by atoms with Gasteiger partial charge in [-0.25, -0.2) is 0 Å². The maximum Gasteiger partial charge on any atom is 0.320 e. The molecule has 1 N–H and O–H groups in total. The molecule has 0 amide bonds. The van der Waals surface area contributed by atoms with Crippen molar-refractivity contribution in [3.63, 3.8) is 0 Å². The Balaban J connectivity index is 1.76.